The number of nitrogens with one attached hydrogen (secondary N) is 2. The van der Waals surface area contributed by atoms with E-state index in [2.05, 4.69) is 10.7 Å². The Hall–Kier alpha value is -2.08. The summed E-state index contributed by atoms with van der Waals surface area (Å²) in [6, 6.07) is 4.36. The summed E-state index contributed by atoms with van der Waals surface area (Å²) in [6.07, 6.45) is 0. The van der Waals surface area contributed by atoms with Crippen LogP contribution in [0, 0.1) is 12.8 Å². The SMILES string of the molecule is Cc1cc(C(=O)NC(C(N)=O)C(C)C)ccc1NN. The number of nitrogen functional groups attached to an aromatic ring is 1. The van der Waals surface area contributed by atoms with Crippen LogP contribution >= 0.6 is 0 Å². The van der Waals surface area contributed by atoms with Gasteiger partial charge in [0.1, 0.15) is 6.04 Å². The first-order chi connectivity index (χ1) is 8.86. The molecule has 0 aliphatic rings. The van der Waals surface area contributed by atoms with Crippen molar-refractivity contribution in [3.8, 4) is 0 Å². The van der Waals surface area contributed by atoms with Crippen LogP contribution < -0.4 is 22.3 Å². The van der Waals surface area contributed by atoms with Gasteiger partial charge in [0.15, 0.2) is 0 Å². The Kier molecular flexibility index (Phi) is 4.88. The lowest BCUT2D eigenvalue weighted by Gasteiger charge is -2.19. The molecule has 19 heavy (non-hydrogen) atoms. The van der Waals surface area contributed by atoms with E-state index in [0.717, 1.165) is 11.3 Å². The van der Waals surface area contributed by atoms with Crippen LogP contribution in [0.25, 0.3) is 0 Å². The molecule has 6 heteroatoms. The number of hydrazine groups is 1. The third-order valence-electron chi connectivity index (χ3n) is 2.90. The maximum absolute atomic E-state index is 12.0. The van der Waals surface area contributed by atoms with Crippen LogP contribution in [0.2, 0.25) is 0 Å². The minimum atomic E-state index is -0.680. The zero-order valence-electron chi connectivity index (χ0n) is 11.4. The number of hydrogen-bond donors (Lipinski definition) is 4. The molecule has 0 aliphatic carbocycles. The molecule has 0 heterocycles. The van der Waals surface area contributed by atoms with E-state index >= 15 is 0 Å². The molecule has 6 nitrogen and oxygen atoms in total. The van der Waals surface area contributed by atoms with Crippen molar-refractivity contribution in [2.75, 3.05) is 5.43 Å². The first-order valence-corrected chi connectivity index (χ1v) is 6.04. The molecule has 0 saturated carbocycles. The number of hydrogen-bond acceptors (Lipinski definition) is 4. The van der Waals surface area contributed by atoms with Gasteiger partial charge in [0.2, 0.25) is 5.91 Å². The predicted octanol–water partition coefficient (Wildman–Crippen LogP) is 0.520. The highest BCUT2D eigenvalue weighted by molar-refractivity contribution is 5.97. The number of carbonyl (C=O) groups is 2. The predicted molar refractivity (Wildman–Crippen MR) is 74.3 cm³/mol. The fourth-order valence-electron chi connectivity index (χ4n) is 1.76. The maximum Gasteiger partial charge on any atom is 0.251 e. The zero-order valence-corrected chi connectivity index (χ0v) is 11.4. The molecule has 0 radical (unpaired) electrons. The molecule has 1 atom stereocenters. The average Bonchev–Trinajstić information content (AvgIpc) is 2.34. The fraction of sp³-hybridized carbons (Fsp3) is 0.385. The topological polar surface area (TPSA) is 110 Å². The number of primary amides is 1. The largest absolute Gasteiger partial charge is 0.368 e. The highest BCUT2D eigenvalue weighted by Crippen LogP contribution is 2.15. The van der Waals surface area contributed by atoms with Crippen LogP contribution in [0.15, 0.2) is 18.2 Å². The zero-order chi connectivity index (χ0) is 14.6. The monoisotopic (exact) mass is 264 g/mol. The number of benzene rings is 1. The van der Waals surface area contributed by atoms with Gasteiger partial charge in [-0.05, 0) is 36.6 Å². The Bertz CT molecular complexity index is 486. The minimum absolute atomic E-state index is 0.0625. The number of nitrogens with two attached hydrogens (primary N) is 2. The van der Waals surface area contributed by atoms with Gasteiger partial charge in [0.05, 0.1) is 5.69 Å². The molecule has 1 aromatic rings. The van der Waals surface area contributed by atoms with E-state index in [4.69, 9.17) is 11.6 Å². The van der Waals surface area contributed by atoms with E-state index in [1.165, 1.54) is 0 Å². The third kappa shape index (κ3) is 3.69. The maximum atomic E-state index is 12.0. The molecule has 0 aromatic heterocycles. The van der Waals surface area contributed by atoms with Gasteiger partial charge in [0, 0.05) is 5.56 Å². The van der Waals surface area contributed by atoms with Crippen molar-refractivity contribution < 1.29 is 9.59 Å². The third-order valence-corrected chi connectivity index (χ3v) is 2.90. The standard InChI is InChI=1S/C13H20N4O2/c1-7(2)11(12(14)18)16-13(19)9-4-5-10(17-15)8(3)6-9/h4-7,11,17H,15H2,1-3H3,(H2,14,18)(H,16,19). The summed E-state index contributed by atoms with van der Waals surface area (Å²) in [5.74, 6) is 4.39. The van der Waals surface area contributed by atoms with Crippen molar-refractivity contribution in [3.63, 3.8) is 0 Å². The van der Waals surface area contributed by atoms with Crippen molar-refractivity contribution in [2.45, 2.75) is 26.8 Å². The van der Waals surface area contributed by atoms with Crippen molar-refractivity contribution >= 4 is 17.5 Å². The molecule has 0 spiro atoms. The van der Waals surface area contributed by atoms with Gasteiger partial charge in [-0.25, -0.2) is 0 Å². The minimum Gasteiger partial charge on any atom is -0.368 e. The van der Waals surface area contributed by atoms with E-state index in [-0.39, 0.29) is 11.8 Å². The lowest BCUT2D eigenvalue weighted by Crippen LogP contribution is -2.47. The molecule has 6 N–H and O–H groups in total. The molecule has 0 aliphatic heterocycles. The first-order valence-electron chi connectivity index (χ1n) is 6.04. The number of carbonyl (C=O) groups excluding carboxylic acids is 2. The van der Waals surface area contributed by atoms with Crippen LogP contribution in [0.5, 0.6) is 0 Å². The number of amides is 2. The second-order valence-electron chi connectivity index (χ2n) is 4.77. The summed E-state index contributed by atoms with van der Waals surface area (Å²) in [5.41, 5.74) is 9.84. The molecule has 2 amide bonds. The van der Waals surface area contributed by atoms with Crippen molar-refractivity contribution in [1.82, 2.24) is 5.32 Å². The lowest BCUT2D eigenvalue weighted by atomic mass is 10.0. The van der Waals surface area contributed by atoms with Crippen molar-refractivity contribution in [1.29, 1.82) is 0 Å². The number of aryl methyl sites for hydroxylation is 1. The molecule has 0 saturated heterocycles. The highest BCUT2D eigenvalue weighted by Gasteiger charge is 2.22. The van der Waals surface area contributed by atoms with Gasteiger partial charge in [-0.1, -0.05) is 13.8 Å². The Morgan fingerprint density at radius 3 is 2.32 bits per heavy atom. The first kappa shape index (κ1) is 15.0. The van der Waals surface area contributed by atoms with Crippen LogP contribution in [-0.4, -0.2) is 17.9 Å². The summed E-state index contributed by atoms with van der Waals surface area (Å²) < 4.78 is 0. The van der Waals surface area contributed by atoms with E-state index in [0.29, 0.717) is 5.56 Å². The van der Waals surface area contributed by atoms with Crippen LogP contribution in [0.4, 0.5) is 5.69 Å². The van der Waals surface area contributed by atoms with Crippen molar-refractivity contribution in [3.05, 3.63) is 29.3 Å². The van der Waals surface area contributed by atoms with Crippen LogP contribution in [0.1, 0.15) is 29.8 Å². The van der Waals surface area contributed by atoms with E-state index < -0.39 is 11.9 Å². The van der Waals surface area contributed by atoms with Gasteiger partial charge in [0.25, 0.3) is 5.91 Å². The highest BCUT2D eigenvalue weighted by atomic mass is 16.2. The molecular formula is C13H20N4O2. The lowest BCUT2D eigenvalue weighted by molar-refractivity contribution is -0.120. The quantitative estimate of drug-likeness (QED) is 0.459. The van der Waals surface area contributed by atoms with Gasteiger partial charge in [-0.15, -0.1) is 0 Å². The summed E-state index contributed by atoms with van der Waals surface area (Å²) in [7, 11) is 0. The summed E-state index contributed by atoms with van der Waals surface area (Å²) in [6.45, 7) is 5.48. The molecule has 1 aromatic carbocycles. The molecular weight excluding hydrogens is 244 g/mol. The Morgan fingerprint density at radius 1 is 1.26 bits per heavy atom. The molecule has 0 fully saturated rings. The average molecular weight is 264 g/mol. The normalized spacial score (nSPS) is 12.1. The summed E-state index contributed by atoms with van der Waals surface area (Å²) in [5, 5.41) is 2.63. The molecule has 104 valence electrons. The van der Waals surface area contributed by atoms with Crippen LogP contribution in [0.3, 0.4) is 0 Å². The van der Waals surface area contributed by atoms with E-state index in [1.54, 1.807) is 18.2 Å². The van der Waals surface area contributed by atoms with Crippen LogP contribution in [-0.2, 0) is 4.79 Å². The molecule has 1 rings (SSSR count). The Balaban J connectivity index is 2.89. The van der Waals surface area contributed by atoms with E-state index in [9.17, 15) is 9.59 Å². The van der Waals surface area contributed by atoms with Crippen molar-refractivity contribution in [2.24, 2.45) is 17.5 Å². The smallest absolute Gasteiger partial charge is 0.251 e. The van der Waals surface area contributed by atoms with Gasteiger partial charge >= 0.3 is 0 Å². The Morgan fingerprint density at radius 2 is 1.89 bits per heavy atom. The number of rotatable bonds is 5. The van der Waals surface area contributed by atoms with Gasteiger partial charge < -0.3 is 16.5 Å². The van der Waals surface area contributed by atoms with E-state index in [1.807, 2.05) is 20.8 Å². The number of anilines is 1. The van der Waals surface area contributed by atoms with Gasteiger partial charge in [-0.2, -0.15) is 0 Å². The molecule has 0 bridgehead atoms. The summed E-state index contributed by atoms with van der Waals surface area (Å²) >= 11 is 0. The Labute approximate surface area is 112 Å². The second-order valence-corrected chi connectivity index (χ2v) is 4.77. The second kappa shape index (κ2) is 6.19. The van der Waals surface area contributed by atoms with Gasteiger partial charge in [-0.3, -0.25) is 15.4 Å². The summed E-state index contributed by atoms with van der Waals surface area (Å²) in [4.78, 5) is 23.3. The molecule has 1 unspecified atom stereocenters. The fourth-order valence-corrected chi connectivity index (χ4v) is 1.76.